The van der Waals surface area contributed by atoms with Gasteiger partial charge in [0.2, 0.25) is 0 Å². The van der Waals surface area contributed by atoms with Gasteiger partial charge in [-0.25, -0.2) is 0 Å². The van der Waals surface area contributed by atoms with E-state index < -0.39 is 0 Å². The molecule has 0 aliphatic heterocycles. The minimum atomic E-state index is 0.221. The summed E-state index contributed by atoms with van der Waals surface area (Å²) in [4.78, 5) is 0. The zero-order valence-corrected chi connectivity index (χ0v) is 13.9. The Hall–Kier alpha value is -0.240. The molecule has 0 amide bonds. The highest BCUT2D eigenvalue weighted by molar-refractivity contribution is 6.42. The minimum Gasteiger partial charge on any atom is -0.316 e. The van der Waals surface area contributed by atoms with Crippen LogP contribution in [-0.4, -0.2) is 13.1 Å². The highest BCUT2D eigenvalue weighted by Crippen LogP contribution is 2.32. The number of rotatable bonds is 7. The van der Waals surface area contributed by atoms with Gasteiger partial charge >= 0.3 is 0 Å². The van der Waals surface area contributed by atoms with E-state index in [0.717, 1.165) is 31.5 Å². The molecule has 0 bridgehead atoms. The van der Waals surface area contributed by atoms with Gasteiger partial charge in [-0.3, -0.25) is 0 Å². The van der Waals surface area contributed by atoms with Crippen molar-refractivity contribution in [3.8, 4) is 0 Å². The van der Waals surface area contributed by atoms with Gasteiger partial charge in [-0.15, -0.1) is 0 Å². The van der Waals surface area contributed by atoms with Crippen molar-refractivity contribution in [3.05, 3.63) is 33.8 Å². The van der Waals surface area contributed by atoms with E-state index in [4.69, 9.17) is 23.2 Å². The fourth-order valence-electron chi connectivity index (χ4n) is 2.11. The lowest BCUT2D eigenvalue weighted by molar-refractivity contribution is 0.322. The molecule has 0 fully saturated rings. The Morgan fingerprint density at radius 1 is 1.21 bits per heavy atom. The minimum absolute atomic E-state index is 0.221. The molecule has 108 valence electrons. The van der Waals surface area contributed by atoms with Crippen LogP contribution >= 0.6 is 23.2 Å². The lowest BCUT2D eigenvalue weighted by atomic mass is 9.82. The second kappa shape index (κ2) is 7.52. The molecule has 0 unspecified atom stereocenters. The third-order valence-corrected chi connectivity index (χ3v) is 4.09. The molecule has 3 heteroatoms. The van der Waals surface area contributed by atoms with Gasteiger partial charge in [0.25, 0.3) is 0 Å². The molecule has 0 aliphatic carbocycles. The molecule has 0 atom stereocenters. The van der Waals surface area contributed by atoms with Crippen molar-refractivity contribution in [2.75, 3.05) is 13.1 Å². The summed E-state index contributed by atoms with van der Waals surface area (Å²) in [6.45, 7) is 11.1. The summed E-state index contributed by atoms with van der Waals surface area (Å²) in [5.74, 6) is 0.700. The van der Waals surface area contributed by atoms with Gasteiger partial charge in [0.05, 0.1) is 10.0 Å². The van der Waals surface area contributed by atoms with Crippen LogP contribution in [0.4, 0.5) is 0 Å². The average Bonchev–Trinajstić information content (AvgIpc) is 2.30. The molecule has 0 aromatic heterocycles. The van der Waals surface area contributed by atoms with Gasteiger partial charge in [0, 0.05) is 0 Å². The Morgan fingerprint density at radius 2 is 1.89 bits per heavy atom. The molecule has 1 nitrogen and oxygen atoms in total. The van der Waals surface area contributed by atoms with Crippen LogP contribution in [0.5, 0.6) is 0 Å². The van der Waals surface area contributed by atoms with Gasteiger partial charge in [-0.2, -0.15) is 0 Å². The summed E-state index contributed by atoms with van der Waals surface area (Å²) in [6, 6.07) is 5.87. The third kappa shape index (κ3) is 6.16. The van der Waals surface area contributed by atoms with Crippen molar-refractivity contribution in [2.45, 2.75) is 40.5 Å². The summed E-state index contributed by atoms with van der Waals surface area (Å²) < 4.78 is 0. The normalized spacial score (nSPS) is 12.2. The number of nitrogens with one attached hydrogen (secondary N) is 1. The van der Waals surface area contributed by atoms with E-state index in [1.165, 1.54) is 0 Å². The standard InChI is InChI=1S/C16H25Cl2N/c1-12(2)11-19-9-8-16(3,4)10-13-6-5-7-14(17)15(13)18/h5-7,12,19H,8-11H2,1-4H3. The fraction of sp³-hybridized carbons (Fsp3) is 0.625. The summed E-state index contributed by atoms with van der Waals surface area (Å²) in [7, 11) is 0. The highest BCUT2D eigenvalue weighted by Gasteiger charge is 2.20. The second-order valence-electron chi connectivity index (χ2n) is 6.40. The van der Waals surface area contributed by atoms with E-state index in [1.807, 2.05) is 12.1 Å². The van der Waals surface area contributed by atoms with Crippen molar-refractivity contribution in [1.29, 1.82) is 0 Å². The zero-order chi connectivity index (χ0) is 14.5. The van der Waals surface area contributed by atoms with Crippen LogP contribution in [0.1, 0.15) is 39.7 Å². The first-order valence-corrected chi connectivity index (χ1v) is 7.71. The van der Waals surface area contributed by atoms with Crippen molar-refractivity contribution in [1.82, 2.24) is 5.32 Å². The average molecular weight is 302 g/mol. The maximum atomic E-state index is 6.25. The molecule has 1 N–H and O–H groups in total. The van der Waals surface area contributed by atoms with Crippen molar-refractivity contribution >= 4 is 23.2 Å². The Balaban J connectivity index is 2.51. The fourth-order valence-corrected chi connectivity index (χ4v) is 2.49. The Kier molecular flexibility index (Phi) is 6.65. The van der Waals surface area contributed by atoms with Crippen molar-refractivity contribution < 1.29 is 0 Å². The Labute approximate surface area is 127 Å². The predicted molar refractivity (Wildman–Crippen MR) is 86.3 cm³/mol. The van der Waals surface area contributed by atoms with Gasteiger partial charge in [0.1, 0.15) is 0 Å². The first-order chi connectivity index (χ1) is 8.82. The summed E-state index contributed by atoms with van der Waals surface area (Å²) in [5.41, 5.74) is 1.36. The molecule has 0 spiro atoms. The Morgan fingerprint density at radius 3 is 2.53 bits per heavy atom. The van der Waals surface area contributed by atoms with E-state index in [-0.39, 0.29) is 5.41 Å². The van der Waals surface area contributed by atoms with Gasteiger partial charge in [0.15, 0.2) is 0 Å². The van der Waals surface area contributed by atoms with Gasteiger partial charge < -0.3 is 5.32 Å². The molecule has 0 saturated carbocycles. The monoisotopic (exact) mass is 301 g/mol. The first kappa shape index (κ1) is 16.8. The molecule has 0 saturated heterocycles. The highest BCUT2D eigenvalue weighted by atomic mass is 35.5. The predicted octanol–water partition coefficient (Wildman–Crippen LogP) is 5.20. The van der Waals surface area contributed by atoms with Crippen molar-refractivity contribution in [2.24, 2.45) is 11.3 Å². The lowest BCUT2D eigenvalue weighted by Crippen LogP contribution is -2.26. The lowest BCUT2D eigenvalue weighted by Gasteiger charge is -2.26. The SMILES string of the molecule is CC(C)CNCCC(C)(C)Cc1cccc(Cl)c1Cl. The van der Waals surface area contributed by atoms with Crippen LogP contribution < -0.4 is 5.32 Å². The van der Waals surface area contributed by atoms with E-state index >= 15 is 0 Å². The van der Waals surface area contributed by atoms with Crippen LogP contribution in [-0.2, 0) is 6.42 Å². The van der Waals surface area contributed by atoms with Gasteiger partial charge in [-0.1, -0.05) is 63.0 Å². The Bertz CT molecular complexity index is 400. The van der Waals surface area contributed by atoms with E-state index in [9.17, 15) is 0 Å². The van der Waals surface area contributed by atoms with Crippen LogP contribution in [0.2, 0.25) is 10.0 Å². The second-order valence-corrected chi connectivity index (χ2v) is 7.19. The third-order valence-electron chi connectivity index (χ3n) is 3.23. The van der Waals surface area contributed by atoms with E-state index in [0.29, 0.717) is 16.0 Å². The first-order valence-electron chi connectivity index (χ1n) is 6.95. The molecule has 0 aliphatic rings. The van der Waals surface area contributed by atoms with Crippen LogP contribution in [0.15, 0.2) is 18.2 Å². The smallest absolute Gasteiger partial charge is 0.0624 e. The van der Waals surface area contributed by atoms with Gasteiger partial charge in [-0.05, 0) is 48.9 Å². The number of benzene rings is 1. The maximum absolute atomic E-state index is 6.25. The number of halogens is 2. The zero-order valence-electron chi connectivity index (χ0n) is 12.4. The summed E-state index contributed by atoms with van der Waals surface area (Å²) >= 11 is 12.3. The largest absolute Gasteiger partial charge is 0.316 e. The molecular weight excluding hydrogens is 277 g/mol. The quantitative estimate of drug-likeness (QED) is 0.683. The molecule has 19 heavy (non-hydrogen) atoms. The van der Waals surface area contributed by atoms with Crippen LogP contribution in [0, 0.1) is 11.3 Å². The number of hydrogen-bond acceptors (Lipinski definition) is 1. The summed E-state index contributed by atoms with van der Waals surface area (Å²) in [5, 5.41) is 4.84. The summed E-state index contributed by atoms with van der Waals surface area (Å²) in [6.07, 6.45) is 2.08. The topological polar surface area (TPSA) is 12.0 Å². The van der Waals surface area contributed by atoms with E-state index in [1.54, 1.807) is 0 Å². The van der Waals surface area contributed by atoms with Crippen molar-refractivity contribution in [3.63, 3.8) is 0 Å². The molecule has 1 aromatic rings. The molecule has 1 rings (SSSR count). The van der Waals surface area contributed by atoms with E-state index in [2.05, 4.69) is 39.1 Å². The molecule has 0 radical (unpaired) electrons. The molecular formula is C16H25Cl2N. The number of hydrogen-bond donors (Lipinski definition) is 1. The van der Waals surface area contributed by atoms with Crippen LogP contribution in [0.3, 0.4) is 0 Å². The molecule has 1 aromatic carbocycles. The molecule has 0 heterocycles. The van der Waals surface area contributed by atoms with Crippen LogP contribution in [0.25, 0.3) is 0 Å². The maximum Gasteiger partial charge on any atom is 0.0624 e.